The standard InChI is InChI=1S/C4H9NO.2C2H6.H3P/c1-3-6-4-2-5-1;2*1-2;/h5H,1-4H2;2*1-2H3;1H3. The molecule has 0 amide bonds. The average molecular weight is 181 g/mol. The van der Waals surface area contributed by atoms with Crippen LogP contribution in [0.3, 0.4) is 0 Å². The summed E-state index contributed by atoms with van der Waals surface area (Å²) in [4.78, 5) is 0. The maximum atomic E-state index is 5.01. The molecule has 0 bridgehead atoms. The van der Waals surface area contributed by atoms with Gasteiger partial charge < -0.3 is 10.1 Å². The predicted octanol–water partition coefficient (Wildman–Crippen LogP) is 1.72. The number of hydrogen-bond donors (Lipinski definition) is 1. The topological polar surface area (TPSA) is 21.3 Å². The van der Waals surface area contributed by atoms with Gasteiger partial charge >= 0.3 is 0 Å². The second kappa shape index (κ2) is 22.4. The van der Waals surface area contributed by atoms with Gasteiger partial charge in [-0.2, -0.15) is 9.90 Å². The van der Waals surface area contributed by atoms with Crippen LogP contribution in [0, 0.1) is 0 Å². The van der Waals surface area contributed by atoms with Crippen LogP contribution in [0.4, 0.5) is 0 Å². The van der Waals surface area contributed by atoms with E-state index in [2.05, 4.69) is 5.32 Å². The Morgan fingerprint density at radius 1 is 0.909 bits per heavy atom. The molecular weight excluding hydrogens is 157 g/mol. The zero-order chi connectivity index (χ0) is 8.24. The molecule has 1 atom stereocenters. The Kier molecular flexibility index (Phi) is 35.6. The van der Waals surface area contributed by atoms with Crippen molar-refractivity contribution in [3.05, 3.63) is 0 Å². The highest BCUT2D eigenvalue weighted by atomic mass is 31.0. The predicted molar refractivity (Wildman–Crippen MR) is 57.5 cm³/mol. The molecule has 1 fully saturated rings. The second-order valence-corrected chi connectivity index (χ2v) is 1.36. The first-order chi connectivity index (χ1) is 5.00. The summed E-state index contributed by atoms with van der Waals surface area (Å²) in [5.74, 6) is 0. The van der Waals surface area contributed by atoms with Crippen molar-refractivity contribution >= 4 is 9.90 Å². The van der Waals surface area contributed by atoms with Gasteiger partial charge in [-0.3, -0.25) is 0 Å². The molecule has 0 saturated carbocycles. The van der Waals surface area contributed by atoms with Gasteiger partial charge in [0.15, 0.2) is 0 Å². The van der Waals surface area contributed by atoms with E-state index in [0.29, 0.717) is 0 Å². The van der Waals surface area contributed by atoms with Gasteiger partial charge in [-0.1, -0.05) is 27.7 Å². The fourth-order valence-corrected chi connectivity index (χ4v) is 0.516. The maximum Gasteiger partial charge on any atom is 0.0591 e. The van der Waals surface area contributed by atoms with E-state index in [1.807, 2.05) is 27.7 Å². The van der Waals surface area contributed by atoms with Gasteiger partial charge in [-0.25, -0.2) is 0 Å². The fraction of sp³-hybridized carbons (Fsp3) is 1.00. The minimum absolute atomic E-state index is 0. The number of ether oxygens (including phenoxy) is 1. The molecule has 1 rings (SSSR count). The van der Waals surface area contributed by atoms with Gasteiger partial charge in [-0.05, 0) is 0 Å². The van der Waals surface area contributed by atoms with E-state index in [-0.39, 0.29) is 9.90 Å². The minimum atomic E-state index is 0. The van der Waals surface area contributed by atoms with Crippen LogP contribution >= 0.6 is 9.90 Å². The lowest BCUT2D eigenvalue weighted by Crippen LogP contribution is -2.30. The first-order valence-corrected chi connectivity index (χ1v) is 4.28. The Bertz CT molecular complexity index is 29.6. The lowest BCUT2D eigenvalue weighted by Gasteiger charge is -2.10. The van der Waals surface area contributed by atoms with Crippen molar-refractivity contribution < 1.29 is 4.74 Å². The Balaban J connectivity index is -0.000000114. The highest BCUT2D eigenvalue weighted by molar-refractivity contribution is 6.92. The summed E-state index contributed by atoms with van der Waals surface area (Å²) in [6.45, 7) is 11.8. The largest absolute Gasteiger partial charge is 0.379 e. The Morgan fingerprint density at radius 2 is 1.27 bits per heavy atom. The van der Waals surface area contributed by atoms with Crippen molar-refractivity contribution in [2.24, 2.45) is 0 Å². The van der Waals surface area contributed by atoms with Crippen LogP contribution in [0.5, 0.6) is 0 Å². The van der Waals surface area contributed by atoms with E-state index in [1.165, 1.54) is 0 Å². The van der Waals surface area contributed by atoms with Gasteiger partial charge in [0.2, 0.25) is 0 Å². The second-order valence-electron chi connectivity index (χ2n) is 1.36. The lowest BCUT2D eigenvalue weighted by molar-refractivity contribution is 0.109. The average Bonchev–Trinajstić information content (AvgIpc) is 2.14. The molecule has 72 valence electrons. The SMILES string of the molecule is C1COCCN1.CC.CC.P. The highest BCUT2D eigenvalue weighted by Crippen LogP contribution is 1.76. The van der Waals surface area contributed by atoms with Gasteiger partial charge in [0.05, 0.1) is 13.2 Å². The fourth-order valence-electron chi connectivity index (χ4n) is 0.516. The summed E-state index contributed by atoms with van der Waals surface area (Å²) in [6.07, 6.45) is 0. The first kappa shape index (κ1) is 17.4. The van der Waals surface area contributed by atoms with E-state index in [9.17, 15) is 0 Å². The molecule has 0 radical (unpaired) electrons. The van der Waals surface area contributed by atoms with Crippen LogP contribution in [0.1, 0.15) is 27.7 Å². The Labute approximate surface area is 74.7 Å². The number of nitrogens with one attached hydrogen (secondary N) is 1. The van der Waals surface area contributed by atoms with Crippen molar-refractivity contribution in [3.63, 3.8) is 0 Å². The molecule has 1 aliphatic heterocycles. The molecule has 0 aromatic heterocycles. The smallest absolute Gasteiger partial charge is 0.0591 e. The van der Waals surface area contributed by atoms with Gasteiger partial charge in [0, 0.05) is 13.1 Å². The molecule has 1 unspecified atom stereocenters. The van der Waals surface area contributed by atoms with E-state index in [0.717, 1.165) is 26.3 Å². The van der Waals surface area contributed by atoms with Gasteiger partial charge in [0.1, 0.15) is 0 Å². The number of hydrogen-bond acceptors (Lipinski definition) is 2. The van der Waals surface area contributed by atoms with Crippen molar-refractivity contribution in [3.8, 4) is 0 Å². The monoisotopic (exact) mass is 181 g/mol. The van der Waals surface area contributed by atoms with Gasteiger partial charge in [0.25, 0.3) is 0 Å². The molecule has 11 heavy (non-hydrogen) atoms. The van der Waals surface area contributed by atoms with Gasteiger partial charge in [-0.15, -0.1) is 0 Å². The summed E-state index contributed by atoms with van der Waals surface area (Å²) in [7, 11) is 0. The normalized spacial score (nSPS) is 14.2. The van der Waals surface area contributed by atoms with E-state index < -0.39 is 0 Å². The highest BCUT2D eigenvalue weighted by Gasteiger charge is 1.92. The Morgan fingerprint density at radius 3 is 1.36 bits per heavy atom. The third kappa shape index (κ3) is 17.9. The molecular formula is C8H24NOP. The van der Waals surface area contributed by atoms with Crippen molar-refractivity contribution in [1.82, 2.24) is 5.32 Å². The summed E-state index contributed by atoms with van der Waals surface area (Å²) in [6, 6.07) is 0. The third-order valence-electron chi connectivity index (χ3n) is 0.846. The molecule has 0 aliphatic carbocycles. The number of rotatable bonds is 0. The van der Waals surface area contributed by atoms with Crippen LogP contribution in [0.25, 0.3) is 0 Å². The lowest BCUT2D eigenvalue weighted by atomic mass is 10.5. The van der Waals surface area contributed by atoms with Crippen LogP contribution in [0.15, 0.2) is 0 Å². The molecule has 1 saturated heterocycles. The summed E-state index contributed by atoms with van der Waals surface area (Å²) >= 11 is 0. The summed E-state index contributed by atoms with van der Waals surface area (Å²) < 4.78 is 5.01. The van der Waals surface area contributed by atoms with E-state index >= 15 is 0 Å². The quantitative estimate of drug-likeness (QED) is 0.574. The van der Waals surface area contributed by atoms with Crippen molar-refractivity contribution in [2.75, 3.05) is 26.3 Å². The van der Waals surface area contributed by atoms with Crippen molar-refractivity contribution in [2.45, 2.75) is 27.7 Å². The van der Waals surface area contributed by atoms with E-state index in [1.54, 1.807) is 0 Å². The molecule has 1 aliphatic rings. The summed E-state index contributed by atoms with van der Waals surface area (Å²) in [5.41, 5.74) is 0. The van der Waals surface area contributed by atoms with Crippen LogP contribution in [-0.4, -0.2) is 26.3 Å². The molecule has 2 nitrogen and oxygen atoms in total. The third-order valence-corrected chi connectivity index (χ3v) is 0.846. The molecule has 0 aromatic carbocycles. The Hall–Kier alpha value is 0.350. The van der Waals surface area contributed by atoms with Crippen LogP contribution in [-0.2, 0) is 4.74 Å². The number of morpholine rings is 1. The maximum absolute atomic E-state index is 5.01. The van der Waals surface area contributed by atoms with Crippen LogP contribution < -0.4 is 5.32 Å². The molecule has 0 aromatic rings. The molecule has 3 heteroatoms. The molecule has 0 spiro atoms. The van der Waals surface area contributed by atoms with E-state index in [4.69, 9.17) is 4.74 Å². The van der Waals surface area contributed by atoms with Crippen molar-refractivity contribution in [1.29, 1.82) is 0 Å². The zero-order valence-corrected chi connectivity index (χ0v) is 9.86. The minimum Gasteiger partial charge on any atom is -0.379 e. The first-order valence-electron chi connectivity index (χ1n) is 4.28. The van der Waals surface area contributed by atoms with Crippen LogP contribution in [0.2, 0.25) is 0 Å². The molecule has 1 N–H and O–H groups in total. The zero-order valence-electron chi connectivity index (χ0n) is 8.44. The molecule has 1 heterocycles. The summed E-state index contributed by atoms with van der Waals surface area (Å²) in [5, 5.41) is 3.16.